The van der Waals surface area contributed by atoms with E-state index in [-0.39, 0.29) is 18.4 Å². The van der Waals surface area contributed by atoms with E-state index in [0.29, 0.717) is 42.6 Å². The molecule has 2 aromatic rings. The van der Waals surface area contributed by atoms with Gasteiger partial charge >= 0.3 is 0 Å². The average Bonchev–Trinajstić information content (AvgIpc) is 2.77. The van der Waals surface area contributed by atoms with E-state index in [1.807, 2.05) is 35.2 Å². The van der Waals surface area contributed by atoms with Gasteiger partial charge in [0.1, 0.15) is 11.5 Å². The number of piperidine rings is 1. The zero-order valence-electron chi connectivity index (χ0n) is 16.4. The third-order valence-corrected chi connectivity index (χ3v) is 5.73. The first kappa shape index (κ1) is 21.2. The molecule has 29 heavy (non-hydrogen) atoms. The summed E-state index contributed by atoms with van der Waals surface area (Å²) in [7, 11) is 1.57. The first-order chi connectivity index (χ1) is 14.1. The molecule has 3 rings (SSSR count). The van der Waals surface area contributed by atoms with Crippen LogP contribution in [0.25, 0.3) is 0 Å². The number of hydrogen-bond acceptors (Lipinski definition) is 4. The van der Waals surface area contributed by atoms with E-state index >= 15 is 0 Å². The number of hydrogen-bond donors (Lipinski definition) is 1. The molecule has 0 spiro atoms. The number of carbonyl (C=O) groups excluding carboxylic acids is 2. The van der Waals surface area contributed by atoms with Crippen molar-refractivity contribution in [3.63, 3.8) is 0 Å². The molecule has 0 bridgehead atoms. The quantitative estimate of drug-likeness (QED) is 0.686. The van der Waals surface area contributed by atoms with Crippen LogP contribution in [0.5, 0.6) is 11.5 Å². The second-order valence-electron chi connectivity index (χ2n) is 6.98. The van der Waals surface area contributed by atoms with Gasteiger partial charge in [-0.2, -0.15) is 0 Å². The molecule has 0 radical (unpaired) electrons. The van der Waals surface area contributed by atoms with Gasteiger partial charge in [0, 0.05) is 24.1 Å². The summed E-state index contributed by atoms with van der Waals surface area (Å²) in [6.07, 6.45) is 1.72. The summed E-state index contributed by atoms with van der Waals surface area (Å²) >= 11 is 3.41. The van der Waals surface area contributed by atoms with Crippen LogP contribution in [-0.2, 0) is 4.79 Å². The van der Waals surface area contributed by atoms with E-state index in [1.54, 1.807) is 25.3 Å². The molecule has 1 fully saturated rings. The highest BCUT2D eigenvalue weighted by Gasteiger charge is 2.23. The topological polar surface area (TPSA) is 67.9 Å². The molecule has 154 valence electrons. The predicted molar refractivity (Wildman–Crippen MR) is 114 cm³/mol. The number of methoxy groups -OCH3 is 1. The van der Waals surface area contributed by atoms with Gasteiger partial charge in [-0.1, -0.05) is 18.2 Å². The molecule has 6 nitrogen and oxygen atoms in total. The molecule has 0 aliphatic carbocycles. The van der Waals surface area contributed by atoms with E-state index in [1.165, 1.54) is 0 Å². The number of rotatable bonds is 7. The Morgan fingerprint density at radius 1 is 1.10 bits per heavy atom. The molecular weight excluding hydrogens is 436 g/mol. The lowest BCUT2D eigenvalue weighted by molar-refractivity contribution is -0.134. The van der Waals surface area contributed by atoms with Crippen LogP contribution in [0, 0.1) is 5.92 Å². The number of likely N-dealkylation sites (tertiary alicyclic amines) is 1. The van der Waals surface area contributed by atoms with E-state index in [9.17, 15) is 9.59 Å². The highest BCUT2D eigenvalue weighted by Crippen LogP contribution is 2.23. The highest BCUT2D eigenvalue weighted by molar-refractivity contribution is 9.10. The van der Waals surface area contributed by atoms with E-state index in [2.05, 4.69) is 21.2 Å². The van der Waals surface area contributed by atoms with Gasteiger partial charge in [-0.15, -0.1) is 0 Å². The Morgan fingerprint density at radius 3 is 2.52 bits per heavy atom. The van der Waals surface area contributed by atoms with Crippen molar-refractivity contribution in [1.82, 2.24) is 10.2 Å². The Balaban J connectivity index is 1.41. The SMILES string of the molecule is COc1ccc(Br)c(C(=O)NCC2CCN(C(=O)COc3ccccc3)CC2)c1. The molecular formula is C22H25BrN2O4. The Labute approximate surface area is 179 Å². The van der Waals surface area contributed by atoms with Gasteiger partial charge in [0.2, 0.25) is 0 Å². The van der Waals surface area contributed by atoms with Crippen LogP contribution in [0.2, 0.25) is 0 Å². The van der Waals surface area contributed by atoms with Crippen LogP contribution in [0.3, 0.4) is 0 Å². The largest absolute Gasteiger partial charge is 0.497 e. The summed E-state index contributed by atoms with van der Waals surface area (Å²) < 4.78 is 11.5. The fourth-order valence-corrected chi connectivity index (χ4v) is 3.70. The molecule has 1 heterocycles. The molecule has 2 aromatic carbocycles. The van der Waals surface area contributed by atoms with Crippen LogP contribution in [0.15, 0.2) is 53.0 Å². The number of carbonyl (C=O) groups is 2. The summed E-state index contributed by atoms with van der Waals surface area (Å²) in [5, 5.41) is 3.00. The molecule has 0 aromatic heterocycles. The first-order valence-corrected chi connectivity index (χ1v) is 10.4. The van der Waals surface area contributed by atoms with Crippen molar-refractivity contribution in [1.29, 1.82) is 0 Å². The number of nitrogens with one attached hydrogen (secondary N) is 1. The second-order valence-corrected chi connectivity index (χ2v) is 7.84. The minimum Gasteiger partial charge on any atom is -0.497 e. The average molecular weight is 461 g/mol. The number of nitrogens with zero attached hydrogens (tertiary/aromatic N) is 1. The fraction of sp³-hybridized carbons (Fsp3) is 0.364. The third-order valence-electron chi connectivity index (χ3n) is 5.04. The van der Waals surface area contributed by atoms with Crippen LogP contribution >= 0.6 is 15.9 Å². The summed E-state index contributed by atoms with van der Waals surface area (Å²) in [6.45, 7) is 2.00. The third kappa shape index (κ3) is 5.97. The zero-order chi connectivity index (χ0) is 20.6. The fourth-order valence-electron chi connectivity index (χ4n) is 3.28. The van der Waals surface area contributed by atoms with Crippen LogP contribution in [0.1, 0.15) is 23.2 Å². The second kappa shape index (κ2) is 10.3. The van der Waals surface area contributed by atoms with Crippen LogP contribution < -0.4 is 14.8 Å². The van der Waals surface area contributed by atoms with Crippen molar-refractivity contribution in [2.45, 2.75) is 12.8 Å². The Hall–Kier alpha value is -2.54. The van der Waals surface area contributed by atoms with Gasteiger partial charge < -0.3 is 19.7 Å². The number of halogens is 1. The Kier molecular flexibility index (Phi) is 7.52. The van der Waals surface area contributed by atoms with Gasteiger partial charge in [-0.25, -0.2) is 0 Å². The number of para-hydroxylation sites is 1. The minimum atomic E-state index is -0.134. The number of benzene rings is 2. The molecule has 2 amide bonds. The molecule has 0 saturated carbocycles. The molecule has 1 saturated heterocycles. The predicted octanol–water partition coefficient (Wildman–Crippen LogP) is 3.51. The van der Waals surface area contributed by atoms with Crippen molar-refractivity contribution < 1.29 is 19.1 Å². The Morgan fingerprint density at radius 2 is 1.83 bits per heavy atom. The summed E-state index contributed by atoms with van der Waals surface area (Å²) in [5.74, 6) is 1.55. The van der Waals surface area contributed by atoms with Crippen molar-refractivity contribution >= 4 is 27.7 Å². The lowest BCUT2D eigenvalue weighted by atomic mass is 9.96. The first-order valence-electron chi connectivity index (χ1n) is 9.64. The van der Waals surface area contributed by atoms with Crippen molar-refractivity contribution in [3.05, 3.63) is 58.6 Å². The van der Waals surface area contributed by atoms with E-state index in [4.69, 9.17) is 9.47 Å². The summed E-state index contributed by atoms with van der Waals surface area (Å²) in [6, 6.07) is 14.7. The minimum absolute atomic E-state index is 0.00310. The maximum absolute atomic E-state index is 12.5. The summed E-state index contributed by atoms with van der Waals surface area (Å²) in [5.41, 5.74) is 0.551. The molecule has 0 atom stereocenters. The normalized spacial score (nSPS) is 14.3. The Bertz CT molecular complexity index is 836. The van der Waals surface area contributed by atoms with Gasteiger partial charge in [-0.05, 0) is 65.0 Å². The summed E-state index contributed by atoms with van der Waals surface area (Å²) in [4.78, 5) is 26.7. The van der Waals surface area contributed by atoms with Gasteiger partial charge in [-0.3, -0.25) is 9.59 Å². The van der Waals surface area contributed by atoms with E-state index < -0.39 is 0 Å². The zero-order valence-corrected chi connectivity index (χ0v) is 18.0. The van der Waals surface area contributed by atoms with Gasteiger partial charge in [0.25, 0.3) is 11.8 Å². The lowest BCUT2D eigenvalue weighted by Crippen LogP contribution is -2.43. The number of ether oxygens (including phenoxy) is 2. The molecule has 1 N–H and O–H groups in total. The van der Waals surface area contributed by atoms with Crippen molar-refractivity contribution in [2.24, 2.45) is 5.92 Å². The molecule has 0 unspecified atom stereocenters. The number of amides is 2. The van der Waals surface area contributed by atoms with Crippen LogP contribution in [-0.4, -0.2) is 50.1 Å². The lowest BCUT2D eigenvalue weighted by Gasteiger charge is -2.32. The van der Waals surface area contributed by atoms with Crippen LogP contribution in [0.4, 0.5) is 0 Å². The van der Waals surface area contributed by atoms with E-state index in [0.717, 1.165) is 17.3 Å². The molecule has 1 aliphatic rings. The molecule has 7 heteroatoms. The monoisotopic (exact) mass is 460 g/mol. The maximum atomic E-state index is 12.5. The highest BCUT2D eigenvalue weighted by atomic mass is 79.9. The van der Waals surface area contributed by atoms with Crippen molar-refractivity contribution in [3.8, 4) is 11.5 Å². The van der Waals surface area contributed by atoms with Gasteiger partial charge in [0.05, 0.1) is 12.7 Å². The standard InChI is InChI=1S/C22H25BrN2O4/c1-28-18-7-8-20(23)19(13-18)22(27)24-14-16-9-11-25(12-10-16)21(26)15-29-17-5-3-2-4-6-17/h2-8,13,16H,9-12,14-15H2,1H3,(H,24,27). The smallest absolute Gasteiger partial charge is 0.260 e. The maximum Gasteiger partial charge on any atom is 0.260 e. The van der Waals surface area contributed by atoms with Gasteiger partial charge in [0.15, 0.2) is 6.61 Å². The molecule has 1 aliphatic heterocycles. The van der Waals surface area contributed by atoms with Crippen molar-refractivity contribution in [2.75, 3.05) is 33.4 Å².